The highest BCUT2D eigenvalue weighted by Crippen LogP contribution is 2.16. The van der Waals surface area contributed by atoms with E-state index in [1.165, 1.54) is 167 Å². The Hall–Kier alpha value is -3.41. The summed E-state index contributed by atoms with van der Waals surface area (Å²) in [6, 6.07) is 0. The van der Waals surface area contributed by atoms with Crippen LogP contribution in [0.15, 0.2) is 85.1 Å². The molecule has 0 aromatic heterocycles. The minimum Gasteiger partial charge on any atom is -0.462 e. The Bertz CT molecular complexity index is 1420. The molecule has 0 aliphatic rings. The van der Waals surface area contributed by atoms with Crippen molar-refractivity contribution < 1.29 is 28.6 Å². The average Bonchev–Trinajstić information content (AvgIpc) is 3.40. The third kappa shape index (κ3) is 59.5. The van der Waals surface area contributed by atoms with Crippen molar-refractivity contribution in [3.8, 4) is 0 Å². The monoisotopic (exact) mass is 1030 g/mol. The standard InChI is InChI=1S/C68H118O6/c1-4-7-10-13-16-19-21-23-25-27-29-31-32-33-34-35-36-38-39-41-43-45-47-49-52-55-58-61-67(70)73-64-65(63-72-66(69)60-57-54-51-18-15-12-9-6-3)74-68(71)62-59-56-53-50-48-46-44-42-40-37-30-28-26-24-22-20-17-14-11-8-5-2/h8,11,17,20-21,23-24,26-27,29-30,32-33,37,65H,4-7,9-10,12-16,18-19,22,25,28,31,34-36,38-64H2,1-3H3/b11-8-,20-17-,23-21-,26-24-,29-27-,33-32-,37-30-. The molecule has 0 bridgehead atoms. The van der Waals surface area contributed by atoms with Gasteiger partial charge >= 0.3 is 17.9 Å². The molecule has 1 atom stereocenters. The largest absolute Gasteiger partial charge is 0.462 e. The number of carbonyl (C=O) groups excluding carboxylic acids is 3. The molecule has 0 aromatic rings. The van der Waals surface area contributed by atoms with E-state index < -0.39 is 6.10 Å². The van der Waals surface area contributed by atoms with Crippen LogP contribution in [0.5, 0.6) is 0 Å². The Morgan fingerprint density at radius 1 is 0.284 bits per heavy atom. The van der Waals surface area contributed by atoms with Crippen molar-refractivity contribution in [1.82, 2.24) is 0 Å². The van der Waals surface area contributed by atoms with E-state index in [2.05, 4.69) is 106 Å². The highest BCUT2D eigenvalue weighted by molar-refractivity contribution is 5.71. The Morgan fingerprint density at radius 2 is 0.527 bits per heavy atom. The van der Waals surface area contributed by atoms with Crippen LogP contribution in [0.2, 0.25) is 0 Å². The van der Waals surface area contributed by atoms with Crippen molar-refractivity contribution in [1.29, 1.82) is 0 Å². The highest BCUT2D eigenvalue weighted by Gasteiger charge is 2.19. The number of carbonyl (C=O) groups is 3. The highest BCUT2D eigenvalue weighted by atomic mass is 16.6. The SMILES string of the molecule is CC/C=C\C/C=C\C/C=C\C/C=C\CCCCCCCCCCC(=O)OC(COC(=O)CCCCCCCCCC)COC(=O)CCCCCCCCCCCCCC/C=C\C/C=C\C/C=C\CCCCCCC. The molecule has 0 aliphatic carbocycles. The van der Waals surface area contributed by atoms with E-state index >= 15 is 0 Å². The Kier molecular flexibility index (Phi) is 59.3. The fourth-order valence-electron chi connectivity index (χ4n) is 8.91. The average molecular weight is 1030 g/mol. The number of rotatable bonds is 57. The maximum atomic E-state index is 12.9. The van der Waals surface area contributed by atoms with E-state index in [0.29, 0.717) is 19.3 Å². The van der Waals surface area contributed by atoms with Crippen molar-refractivity contribution in [2.24, 2.45) is 0 Å². The summed E-state index contributed by atoms with van der Waals surface area (Å²) in [6.45, 7) is 6.50. The summed E-state index contributed by atoms with van der Waals surface area (Å²) in [6.07, 6.45) is 81.7. The maximum Gasteiger partial charge on any atom is 0.306 e. The number of esters is 3. The Labute approximate surface area is 458 Å². The first kappa shape index (κ1) is 70.6. The molecule has 0 radical (unpaired) electrons. The van der Waals surface area contributed by atoms with Gasteiger partial charge in [-0.2, -0.15) is 0 Å². The van der Waals surface area contributed by atoms with Gasteiger partial charge in [-0.3, -0.25) is 14.4 Å². The third-order valence-corrected chi connectivity index (χ3v) is 13.6. The molecule has 74 heavy (non-hydrogen) atoms. The van der Waals surface area contributed by atoms with Crippen molar-refractivity contribution in [3.05, 3.63) is 85.1 Å². The van der Waals surface area contributed by atoms with Crippen LogP contribution in [0.3, 0.4) is 0 Å². The number of allylic oxidation sites excluding steroid dienone is 14. The summed E-state index contributed by atoms with van der Waals surface area (Å²) in [4.78, 5) is 38.1. The molecule has 0 spiro atoms. The van der Waals surface area contributed by atoms with Gasteiger partial charge in [-0.05, 0) is 96.3 Å². The van der Waals surface area contributed by atoms with Gasteiger partial charge in [0.25, 0.3) is 0 Å². The lowest BCUT2D eigenvalue weighted by molar-refractivity contribution is -0.167. The molecule has 1 unspecified atom stereocenters. The van der Waals surface area contributed by atoms with Crippen LogP contribution in [0, 0.1) is 0 Å². The van der Waals surface area contributed by atoms with Crippen molar-refractivity contribution in [2.45, 2.75) is 316 Å². The second-order valence-corrected chi connectivity index (χ2v) is 20.9. The summed E-state index contributed by atoms with van der Waals surface area (Å²) in [5.41, 5.74) is 0. The van der Waals surface area contributed by atoms with E-state index in [4.69, 9.17) is 14.2 Å². The van der Waals surface area contributed by atoms with Gasteiger partial charge in [0, 0.05) is 19.3 Å². The fraction of sp³-hybridized carbons (Fsp3) is 0.750. The lowest BCUT2D eigenvalue weighted by atomic mass is 10.0. The zero-order valence-corrected chi connectivity index (χ0v) is 48.8. The molecule has 0 aliphatic heterocycles. The number of ether oxygens (including phenoxy) is 3. The number of hydrogen-bond acceptors (Lipinski definition) is 6. The van der Waals surface area contributed by atoms with E-state index in [0.717, 1.165) is 103 Å². The Morgan fingerprint density at radius 3 is 0.824 bits per heavy atom. The summed E-state index contributed by atoms with van der Waals surface area (Å²) < 4.78 is 16.9. The van der Waals surface area contributed by atoms with Crippen LogP contribution < -0.4 is 0 Å². The Balaban J connectivity index is 4.18. The normalized spacial score (nSPS) is 12.6. The molecule has 0 amide bonds. The molecule has 6 heteroatoms. The zero-order chi connectivity index (χ0) is 53.6. The molecule has 0 aromatic carbocycles. The molecule has 0 heterocycles. The van der Waals surface area contributed by atoms with Crippen LogP contribution >= 0.6 is 0 Å². The predicted octanol–water partition coefficient (Wildman–Crippen LogP) is 21.5. The van der Waals surface area contributed by atoms with Gasteiger partial charge < -0.3 is 14.2 Å². The van der Waals surface area contributed by atoms with Crippen LogP contribution in [0.4, 0.5) is 0 Å². The van der Waals surface area contributed by atoms with E-state index in [9.17, 15) is 14.4 Å². The molecule has 0 saturated carbocycles. The van der Waals surface area contributed by atoms with Gasteiger partial charge in [-0.25, -0.2) is 0 Å². The fourth-order valence-corrected chi connectivity index (χ4v) is 8.91. The minimum absolute atomic E-state index is 0.0783. The van der Waals surface area contributed by atoms with E-state index in [-0.39, 0.29) is 31.1 Å². The van der Waals surface area contributed by atoms with Crippen molar-refractivity contribution in [2.75, 3.05) is 13.2 Å². The molecular weight excluding hydrogens is 913 g/mol. The number of hydrogen-bond donors (Lipinski definition) is 0. The molecular formula is C68H118O6. The molecule has 6 nitrogen and oxygen atoms in total. The zero-order valence-electron chi connectivity index (χ0n) is 48.8. The lowest BCUT2D eigenvalue weighted by Crippen LogP contribution is -2.30. The van der Waals surface area contributed by atoms with Gasteiger partial charge in [0.1, 0.15) is 13.2 Å². The minimum atomic E-state index is -0.780. The van der Waals surface area contributed by atoms with Crippen molar-refractivity contribution >= 4 is 17.9 Å². The van der Waals surface area contributed by atoms with Crippen LogP contribution in [0.1, 0.15) is 310 Å². The second-order valence-electron chi connectivity index (χ2n) is 20.9. The smallest absolute Gasteiger partial charge is 0.306 e. The van der Waals surface area contributed by atoms with E-state index in [1.54, 1.807) is 0 Å². The third-order valence-electron chi connectivity index (χ3n) is 13.6. The first-order valence-electron chi connectivity index (χ1n) is 31.6. The molecule has 0 rings (SSSR count). The van der Waals surface area contributed by atoms with Gasteiger partial charge in [-0.1, -0.05) is 279 Å². The van der Waals surface area contributed by atoms with Gasteiger partial charge in [0.2, 0.25) is 0 Å². The van der Waals surface area contributed by atoms with Gasteiger partial charge in [0.15, 0.2) is 6.10 Å². The summed E-state index contributed by atoms with van der Waals surface area (Å²) in [7, 11) is 0. The van der Waals surface area contributed by atoms with Gasteiger partial charge in [-0.15, -0.1) is 0 Å². The van der Waals surface area contributed by atoms with Crippen LogP contribution in [0.25, 0.3) is 0 Å². The summed E-state index contributed by atoms with van der Waals surface area (Å²) in [5.74, 6) is -0.883. The molecule has 0 N–H and O–H groups in total. The van der Waals surface area contributed by atoms with Gasteiger partial charge in [0.05, 0.1) is 0 Å². The maximum absolute atomic E-state index is 12.9. The molecule has 0 saturated heterocycles. The first-order valence-corrected chi connectivity index (χ1v) is 31.6. The topological polar surface area (TPSA) is 78.9 Å². The second kappa shape index (κ2) is 62.1. The molecule has 426 valence electrons. The predicted molar refractivity (Wildman–Crippen MR) is 321 cm³/mol. The molecule has 0 fully saturated rings. The number of unbranched alkanes of at least 4 members (excludes halogenated alkanes) is 32. The van der Waals surface area contributed by atoms with Crippen molar-refractivity contribution in [3.63, 3.8) is 0 Å². The first-order chi connectivity index (χ1) is 36.5. The van der Waals surface area contributed by atoms with Crippen LogP contribution in [-0.2, 0) is 28.6 Å². The van der Waals surface area contributed by atoms with Crippen LogP contribution in [-0.4, -0.2) is 37.2 Å². The lowest BCUT2D eigenvalue weighted by Gasteiger charge is -2.18. The summed E-state index contributed by atoms with van der Waals surface area (Å²) in [5, 5.41) is 0. The summed E-state index contributed by atoms with van der Waals surface area (Å²) >= 11 is 0. The quantitative estimate of drug-likeness (QED) is 0.0261. The van der Waals surface area contributed by atoms with E-state index in [1.807, 2.05) is 0 Å².